The third-order valence-electron chi connectivity index (χ3n) is 4.51. The van der Waals surface area contributed by atoms with Crippen LogP contribution >= 0.6 is 11.8 Å². The molecule has 32 heavy (non-hydrogen) atoms. The fraction of sp³-hybridized carbons (Fsp3) is 0.174. The van der Waals surface area contributed by atoms with E-state index in [1.54, 1.807) is 74.7 Å². The Morgan fingerprint density at radius 3 is 2.25 bits per heavy atom. The minimum Gasteiger partial charge on any atom is -0.497 e. The normalized spacial score (nSPS) is 12.0. The predicted molar refractivity (Wildman–Crippen MR) is 127 cm³/mol. The molecule has 3 aromatic carbocycles. The molecule has 0 aliphatic carbocycles. The van der Waals surface area contributed by atoms with Gasteiger partial charge in [0.15, 0.2) is 0 Å². The SMILES string of the molecule is COc1ccc(OC)c(NC(=O)C(C)Sc2ccc(NS(=O)(=O)c3ccccc3)cc2)c1. The van der Waals surface area contributed by atoms with Crippen LogP contribution in [0.15, 0.2) is 82.6 Å². The van der Waals surface area contributed by atoms with Gasteiger partial charge in [0.05, 0.1) is 30.1 Å². The molecule has 0 radical (unpaired) electrons. The van der Waals surface area contributed by atoms with Gasteiger partial charge in [0.2, 0.25) is 5.91 Å². The van der Waals surface area contributed by atoms with Crippen molar-refractivity contribution >= 4 is 39.1 Å². The fourth-order valence-corrected chi connectivity index (χ4v) is 4.77. The summed E-state index contributed by atoms with van der Waals surface area (Å²) in [6.07, 6.45) is 0. The zero-order valence-electron chi connectivity index (χ0n) is 17.9. The average molecular weight is 473 g/mol. The number of hydrogen-bond donors (Lipinski definition) is 2. The molecule has 0 heterocycles. The first-order valence-electron chi connectivity index (χ1n) is 9.70. The number of carbonyl (C=O) groups is 1. The molecule has 1 unspecified atom stereocenters. The van der Waals surface area contributed by atoms with Crippen LogP contribution in [-0.4, -0.2) is 33.8 Å². The highest BCUT2D eigenvalue weighted by Crippen LogP contribution is 2.31. The maximum absolute atomic E-state index is 12.7. The van der Waals surface area contributed by atoms with E-state index >= 15 is 0 Å². The van der Waals surface area contributed by atoms with Crippen molar-refractivity contribution in [1.29, 1.82) is 0 Å². The van der Waals surface area contributed by atoms with Crippen LogP contribution in [0, 0.1) is 0 Å². The molecule has 1 amide bonds. The van der Waals surface area contributed by atoms with Gasteiger partial charge in [-0.1, -0.05) is 18.2 Å². The summed E-state index contributed by atoms with van der Waals surface area (Å²) in [5.41, 5.74) is 0.964. The van der Waals surface area contributed by atoms with Gasteiger partial charge in [-0.15, -0.1) is 11.8 Å². The molecule has 7 nitrogen and oxygen atoms in total. The fourth-order valence-electron chi connectivity index (χ4n) is 2.82. The van der Waals surface area contributed by atoms with Crippen LogP contribution in [0.2, 0.25) is 0 Å². The molecule has 0 aliphatic rings. The minimum atomic E-state index is -3.65. The Kier molecular flexibility index (Phi) is 7.66. The van der Waals surface area contributed by atoms with Crippen molar-refractivity contribution in [2.45, 2.75) is 22.0 Å². The molecule has 3 rings (SSSR count). The van der Waals surface area contributed by atoms with Crippen LogP contribution in [0.1, 0.15) is 6.92 Å². The number of ether oxygens (including phenoxy) is 2. The molecule has 0 bridgehead atoms. The summed E-state index contributed by atoms with van der Waals surface area (Å²) in [5, 5.41) is 2.46. The summed E-state index contributed by atoms with van der Waals surface area (Å²) in [6, 6.07) is 20.2. The van der Waals surface area contributed by atoms with E-state index in [0.717, 1.165) is 4.90 Å². The van der Waals surface area contributed by atoms with Gasteiger partial charge < -0.3 is 14.8 Å². The second-order valence-corrected chi connectivity index (χ2v) is 9.86. The number of nitrogens with one attached hydrogen (secondary N) is 2. The summed E-state index contributed by atoms with van der Waals surface area (Å²) < 4.78 is 37.9. The highest BCUT2D eigenvalue weighted by atomic mass is 32.2. The Balaban J connectivity index is 1.63. The third kappa shape index (κ3) is 5.95. The van der Waals surface area contributed by atoms with Crippen LogP contribution in [0.25, 0.3) is 0 Å². The number of carbonyl (C=O) groups excluding carboxylic acids is 1. The smallest absolute Gasteiger partial charge is 0.261 e. The standard InChI is InChI=1S/C23H24N2O5S2/c1-16(23(26)24-21-15-18(29-2)11-14-22(21)30-3)31-19-12-9-17(10-13-19)25-32(27,28)20-7-5-4-6-8-20/h4-16,25H,1-3H3,(H,24,26). The van der Waals surface area contributed by atoms with Crippen LogP contribution in [0.4, 0.5) is 11.4 Å². The summed E-state index contributed by atoms with van der Waals surface area (Å²) >= 11 is 1.36. The Morgan fingerprint density at radius 1 is 0.938 bits per heavy atom. The van der Waals surface area contributed by atoms with Gasteiger partial charge in [0.25, 0.3) is 10.0 Å². The number of rotatable bonds is 9. The number of methoxy groups -OCH3 is 2. The van der Waals surface area contributed by atoms with E-state index in [9.17, 15) is 13.2 Å². The Hall–Kier alpha value is -3.17. The van der Waals surface area contributed by atoms with Gasteiger partial charge in [-0.3, -0.25) is 9.52 Å². The van der Waals surface area contributed by atoms with Crippen molar-refractivity contribution in [3.05, 3.63) is 72.8 Å². The maximum Gasteiger partial charge on any atom is 0.261 e. The largest absolute Gasteiger partial charge is 0.497 e. The molecule has 9 heteroatoms. The molecule has 3 aromatic rings. The van der Waals surface area contributed by atoms with E-state index in [1.165, 1.54) is 31.0 Å². The Bertz CT molecular complexity index is 1170. The van der Waals surface area contributed by atoms with Gasteiger partial charge in [-0.2, -0.15) is 0 Å². The second-order valence-electron chi connectivity index (χ2n) is 6.76. The molecular formula is C23H24N2O5S2. The number of benzene rings is 3. The molecule has 0 aliphatic heterocycles. The average Bonchev–Trinajstić information content (AvgIpc) is 2.80. The van der Waals surface area contributed by atoms with Gasteiger partial charge in [0.1, 0.15) is 11.5 Å². The first-order chi connectivity index (χ1) is 15.3. The van der Waals surface area contributed by atoms with Crippen LogP contribution in [0.5, 0.6) is 11.5 Å². The summed E-state index contributed by atoms with van der Waals surface area (Å²) in [4.78, 5) is 13.7. The van der Waals surface area contributed by atoms with Gasteiger partial charge in [0, 0.05) is 16.6 Å². The van der Waals surface area contributed by atoms with Crippen molar-refractivity contribution in [3.8, 4) is 11.5 Å². The Labute approximate surface area is 192 Å². The molecular weight excluding hydrogens is 448 g/mol. The number of anilines is 2. The monoisotopic (exact) mass is 472 g/mol. The Morgan fingerprint density at radius 2 is 1.62 bits per heavy atom. The topological polar surface area (TPSA) is 93.7 Å². The molecule has 2 N–H and O–H groups in total. The van der Waals surface area contributed by atoms with Crippen molar-refractivity contribution < 1.29 is 22.7 Å². The van der Waals surface area contributed by atoms with Gasteiger partial charge >= 0.3 is 0 Å². The van der Waals surface area contributed by atoms with E-state index < -0.39 is 15.3 Å². The molecule has 0 spiro atoms. The third-order valence-corrected chi connectivity index (χ3v) is 7.02. The molecule has 1 atom stereocenters. The summed E-state index contributed by atoms with van der Waals surface area (Å²) in [5.74, 6) is 0.941. The van der Waals surface area contributed by atoms with Crippen LogP contribution < -0.4 is 19.5 Å². The lowest BCUT2D eigenvalue weighted by molar-refractivity contribution is -0.115. The molecule has 0 aromatic heterocycles. The quantitative estimate of drug-likeness (QED) is 0.441. The lowest BCUT2D eigenvalue weighted by Crippen LogP contribution is -2.22. The highest BCUT2D eigenvalue weighted by molar-refractivity contribution is 8.00. The summed E-state index contributed by atoms with van der Waals surface area (Å²) in [6.45, 7) is 1.79. The van der Waals surface area contributed by atoms with Crippen molar-refractivity contribution in [2.24, 2.45) is 0 Å². The lowest BCUT2D eigenvalue weighted by atomic mass is 10.2. The van der Waals surface area contributed by atoms with Crippen molar-refractivity contribution in [3.63, 3.8) is 0 Å². The first kappa shape index (κ1) is 23.5. The number of thioether (sulfide) groups is 1. The summed E-state index contributed by atoms with van der Waals surface area (Å²) in [7, 11) is -0.571. The van der Waals surface area contributed by atoms with E-state index in [2.05, 4.69) is 10.0 Å². The number of sulfonamides is 1. The van der Waals surface area contributed by atoms with Crippen LogP contribution in [-0.2, 0) is 14.8 Å². The predicted octanol–water partition coefficient (Wildman–Crippen LogP) is 4.62. The maximum atomic E-state index is 12.7. The molecule has 0 fully saturated rings. The second kappa shape index (κ2) is 10.4. The van der Waals surface area contributed by atoms with E-state index in [4.69, 9.17) is 9.47 Å². The number of hydrogen-bond acceptors (Lipinski definition) is 6. The van der Waals surface area contributed by atoms with E-state index in [-0.39, 0.29) is 10.8 Å². The first-order valence-corrected chi connectivity index (χ1v) is 12.1. The van der Waals surface area contributed by atoms with E-state index in [0.29, 0.717) is 22.9 Å². The molecule has 168 valence electrons. The zero-order valence-corrected chi connectivity index (χ0v) is 19.5. The van der Waals surface area contributed by atoms with Crippen LogP contribution in [0.3, 0.4) is 0 Å². The van der Waals surface area contributed by atoms with Gasteiger partial charge in [-0.25, -0.2) is 8.42 Å². The van der Waals surface area contributed by atoms with Crippen molar-refractivity contribution in [1.82, 2.24) is 0 Å². The number of amides is 1. The molecule has 0 saturated heterocycles. The highest BCUT2D eigenvalue weighted by Gasteiger charge is 2.18. The lowest BCUT2D eigenvalue weighted by Gasteiger charge is -2.15. The minimum absolute atomic E-state index is 0.191. The van der Waals surface area contributed by atoms with Gasteiger partial charge in [-0.05, 0) is 55.5 Å². The zero-order chi connectivity index (χ0) is 23.1. The van der Waals surface area contributed by atoms with E-state index in [1.807, 2.05) is 0 Å². The molecule has 0 saturated carbocycles. The van der Waals surface area contributed by atoms with Crippen molar-refractivity contribution in [2.75, 3.05) is 24.3 Å².